The number of hydrogen-bond acceptors (Lipinski definition) is 1. The maximum Gasteiger partial charge on any atom is 0.456 e. The van der Waals surface area contributed by atoms with Crippen molar-refractivity contribution in [3.63, 3.8) is 0 Å². The minimum atomic E-state index is 0.929. The lowest BCUT2D eigenvalue weighted by Gasteiger charge is -2.00. The van der Waals surface area contributed by atoms with Crippen LogP contribution >= 0.6 is 0 Å². The number of rotatable bonds is 2. The minimum absolute atomic E-state index is 0.929. The molecule has 3 heteroatoms. The van der Waals surface area contributed by atoms with E-state index in [1.54, 1.807) is 0 Å². The summed E-state index contributed by atoms with van der Waals surface area (Å²) in [6, 6.07) is 12.6. The van der Waals surface area contributed by atoms with Crippen LogP contribution in [0.5, 0.6) is 0 Å². The number of aryl methyl sites for hydroxylation is 3. The first-order chi connectivity index (χ1) is 10.1. The highest BCUT2D eigenvalue weighted by Crippen LogP contribution is 2.05. The van der Waals surface area contributed by atoms with Gasteiger partial charge in [0, 0.05) is 30.5 Å². The molecule has 0 atom stereocenters. The Balaban J connectivity index is 2.20. The van der Waals surface area contributed by atoms with Gasteiger partial charge in [-0.25, -0.2) is 0 Å². The highest BCUT2D eigenvalue weighted by molar-refractivity contribution is 5.23. The third kappa shape index (κ3) is 2.82. The molecule has 21 heavy (non-hydrogen) atoms. The molecule has 104 valence electrons. The molecule has 0 saturated heterocycles. The first-order valence-electron chi connectivity index (χ1n) is 7.07. The van der Waals surface area contributed by atoms with E-state index in [-0.39, 0.29) is 0 Å². The van der Waals surface area contributed by atoms with E-state index in [1.165, 1.54) is 16.7 Å². The first kappa shape index (κ1) is 13.4. The molecule has 3 nitrogen and oxygen atoms in total. The van der Waals surface area contributed by atoms with Gasteiger partial charge >= 0.3 is 11.6 Å². The second kappa shape index (κ2) is 5.44. The molecule has 0 saturated carbocycles. The van der Waals surface area contributed by atoms with Crippen LogP contribution in [0.3, 0.4) is 0 Å². The Labute approximate surface area is 125 Å². The zero-order valence-electron chi connectivity index (χ0n) is 12.6. The fourth-order valence-electron chi connectivity index (χ4n) is 2.29. The molecular formula is C18H19N3+2. The van der Waals surface area contributed by atoms with Gasteiger partial charge in [-0.2, -0.15) is 4.98 Å². The average Bonchev–Trinajstić information content (AvgIpc) is 2.48. The molecule has 0 unspecified atom stereocenters. The lowest BCUT2D eigenvalue weighted by Crippen LogP contribution is -2.47. The quantitative estimate of drug-likeness (QED) is 0.659. The molecule has 0 aliphatic carbocycles. The molecule has 0 aliphatic heterocycles. The normalized spacial score (nSPS) is 10.6. The summed E-state index contributed by atoms with van der Waals surface area (Å²) in [5, 5.41) is 0. The largest absolute Gasteiger partial charge is 0.456 e. The number of aromatic nitrogens is 3. The van der Waals surface area contributed by atoms with Gasteiger partial charge in [0.25, 0.3) is 0 Å². The predicted octanol–water partition coefficient (Wildman–Crippen LogP) is 2.56. The molecule has 0 radical (unpaired) electrons. The molecule has 0 spiro atoms. The van der Waals surface area contributed by atoms with Crippen LogP contribution in [-0.2, 0) is 0 Å². The van der Waals surface area contributed by atoms with Crippen LogP contribution in [0.4, 0.5) is 0 Å². The average molecular weight is 277 g/mol. The third-order valence-electron chi connectivity index (χ3n) is 3.50. The zero-order chi connectivity index (χ0) is 14.8. The van der Waals surface area contributed by atoms with E-state index in [4.69, 9.17) is 0 Å². The first-order valence-corrected chi connectivity index (χ1v) is 7.07. The Hall–Kier alpha value is -2.55. The van der Waals surface area contributed by atoms with Crippen molar-refractivity contribution in [2.75, 3.05) is 0 Å². The second-order valence-corrected chi connectivity index (χ2v) is 5.41. The van der Waals surface area contributed by atoms with Crippen LogP contribution in [0.1, 0.15) is 16.7 Å². The predicted molar refractivity (Wildman–Crippen MR) is 81.5 cm³/mol. The molecule has 0 aliphatic rings. The molecule has 3 aromatic rings. The number of nitrogens with zero attached hydrogens (tertiary/aromatic N) is 3. The van der Waals surface area contributed by atoms with Crippen molar-refractivity contribution in [2.24, 2.45) is 0 Å². The van der Waals surface area contributed by atoms with Crippen molar-refractivity contribution in [3.8, 4) is 11.6 Å². The lowest BCUT2D eigenvalue weighted by atomic mass is 10.2. The summed E-state index contributed by atoms with van der Waals surface area (Å²) >= 11 is 0. The van der Waals surface area contributed by atoms with Crippen molar-refractivity contribution in [2.45, 2.75) is 20.8 Å². The third-order valence-corrected chi connectivity index (χ3v) is 3.50. The Kier molecular flexibility index (Phi) is 3.48. The molecule has 3 rings (SSSR count). The second-order valence-electron chi connectivity index (χ2n) is 5.41. The zero-order valence-corrected chi connectivity index (χ0v) is 12.6. The summed E-state index contributed by atoms with van der Waals surface area (Å²) in [4.78, 5) is 4.49. The van der Waals surface area contributed by atoms with Crippen molar-refractivity contribution in [3.05, 3.63) is 77.9 Å². The smallest absolute Gasteiger partial charge is 0.195 e. The topological polar surface area (TPSA) is 20.6 Å². The van der Waals surface area contributed by atoms with E-state index in [2.05, 4.69) is 83.8 Å². The van der Waals surface area contributed by atoms with Gasteiger partial charge in [-0.1, -0.05) is 4.57 Å². The Morgan fingerprint density at radius 3 is 2.14 bits per heavy atom. The summed E-state index contributed by atoms with van der Waals surface area (Å²) in [5.41, 5.74) is 3.68. The standard InChI is InChI=1S/C18H19N3/c1-14-5-9-20(10-6-14)18-13-16(3)7-11-21(18)17-12-15(2)4-8-19-17/h4-13H,1-3H3/q+2. The van der Waals surface area contributed by atoms with Crippen LogP contribution in [0.2, 0.25) is 0 Å². The van der Waals surface area contributed by atoms with Gasteiger partial charge in [-0.3, -0.25) is 0 Å². The van der Waals surface area contributed by atoms with E-state index in [9.17, 15) is 0 Å². The summed E-state index contributed by atoms with van der Waals surface area (Å²) in [6.07, 6.45) is 8.08. The molecule has 3 heterocycles. The van der Waals surface area contributed by atoms with E-state index >= 15 is 0 Å². The number of hydrogen-bond donors (Lipinski definition) is 0. The molecule has 0 bridgehead atoms. The van der Waals surface area contributed by atoms with Crippen molar-refractivity contribution in [1.29, 1.82) is 0 Å². The summed E-state index contributed by atoms with van der Waals surface area (Å²) in [6.45, 7) is 6.28. The molecule has 3 aromatic heterocycles. The van der Waals surface area contributed by atoms with Gasteiger partial charge in [0.1, 0.15) is 0 Å². The van der Waals surface area contributed by atoms with Gasteiger partial charge in [-0.05, 0) is 43.5 Å². The van der Waals surface area contributed by atoms with Gasteiger partial charge < -0.3 is 0 Å². The van der Waals surface area contributed by atoms with Crippen LogP contribution < -0.4 is 9.13 Å². The Bertz CT molecular complexity index is 777. The van der Waals surface area contributed by atoms with Crippen molar-refractivity contribution < 1.29 is 9.13 Å². The summed E-state index contributed by atoms with van der Waals surface area (Å²) in [7, 11) is 0. The van der Waals surface area contributed by atoms with E-state index in [0.717, 1.165) is 11.6 Å². The van der Waals surface area contributed by atoms with Gasteiger partial charge in [0.15, 0.2) is 18.6 Å². The maximum absolute atomic E-state index is 4.49. The van der Waals surface area contributed by atoms with E-state index in [1.807, 2.05) is 12.3 Å². The maximum atomic E-state index is 4.49. The summed E-state index contributed by atoms with van der Waals surface area (Å²) in [5.74, 6) is 2.01. The van der Waals surface area contributed by atoms with Gasteiger partial charge in [0.2, 0.25) is 0 Å². The minimum Gasteiger partial charge on any atom is -0.195 e. The molecule has 0 aromatic carbocycles. The van der Waals surface area contributed by atoms with Crippen LogP contribution in [0.15, 0.2) is 61.2 Å². The monoisotopic (exact) mass is 277 g/mol. The van der Waals surface area contributed by atoms with Crippen LogP contribution in [0.25, 0.3) is 11.6 Å². The van der Waals surface area contributed by atoms with E-state index in [0.29, 0.717) is 0 Å². The molecule has 0 fully saturated rings. The molecular weight excluding hydrogens is 258 g/mol. The SMILES string of the molecule is Cc1cc[n+](-c2cc(C)cc[n+]2-c2cc(C)ccn2)cc1. The molecule has 0 N–H and O–H groups in total. The number of pyridine rings is 3. The Morgan fingerprint density at radius 1 is 0.762 bits per heavy atom. The Morgan fingerprint density at radius 2 is 1.43 bits per heavy atom. The van der Waals surface area contributed by atoms with Crippen LogP contribution in [0, 0.1) is 20.8 Å². The molecule has 0 amide bonds. The fraction of sp³-hybridized carbons (Fsp3) is 0.167. The lowest BCUT2D eigenvalue weighted by molar-refractivity contribution is -0.742. The fourth-order valence-corrected chi connectivity index (χ4v) is 2.29. The van der Waals surface area contributed by atoms with Crippen molar-refractivity contribution in [1.82, 2.24) is 4.98 Å². The van der Waals surface area contributed by atoms with Crippen molar-refractivity contribution >= 4 is 0 Å². The highest BCUT2D eigenvalue weighted by Gasteiger charge is 2.23. The highest BCUT2D eigenvalue weighted by atomic mass is 15.2. The van der Waals surface area contributed by atoms with Gasteiger partial charge in [-0.15, -0.1) is 4.57 Å². The van der Waals surface area contributed by atoms with E-state index < -0.39 is 0 Å². The van der Waals surface area contributed by atoms with Crippen LogP contribution in [-0.4, -0.2) is 4.98 Å². The summed E-state index contributed by atoms with van der Waals surface area (Å²) < 4.78 is 4.22. The van der Waals surface area contributed by atoms with Gasteiger partial charge in [0.05, 0.1) is 6.07 Å².